The van der Waals surface area contributed by atoms with E-state index < -0.39 is 17.9 Å². The van der Waals surface area contributed by atoms with Crippen LogP contribution < -0.4 is 0 Å². The van der Waals surface area contributed by atoms with Crippen molar-refractivity contribution in [2.75, 3.05) is 18.1 Å². The third-order valence-corrected chi connectivity index (χ3v) is 4.36. The molecule has 1 aliphatic heterocycles. The number of carboxylic acid groups (broad SMARTS) is 1. The van der Waals surface area contributed by atoms with Crippen LogP contribution in [0.4, 0.5) is 0 Å². The average Bonchev–Trinajstić information content (AvgIpc) is 3.16. The number of hydrogen-bond acceptors (Lipinski definition) is 5. The summed E-state index contributed by atoms with van der Waals surface area (Å²) in [5.74, 6) is 1.01. The summed E-state index contributed by atoms with van der Waals surface area (Å²) >= 11 is 1.54. The highest BCUT2D eigenvalue weighted by atomic mass is 32.2. The van der Waals surface area contributed by atoms with Crippen LogP contribution in [0.25, 0.3) is 0 Å². The van der Waals surface area contributed by atoms with E-state index in [1.807, 2.05) is 0 Å². The summed E-state index contributed by atoms with van der Waals surface area (Å²) in [6.07, 6.45) is 2.14. The maximum Gasteiger partial charge on any atom is 0.327 e. The number of aliphatic carboxylic acids is 1. The Kier molecular flexibility index (Phi) is 3.17. The van der Waals surface area contributed by atoms with E-state index in [1.165, 1.54) is 4.90 Å². The molecule has 8 heteroatoms. The van der Waals surface area contributed by atoms with E-state index in [2.05, 4.69) is 15.2 Å². The van der Waals surface area contributed by atoms with Crippen molar-refractivity contribution in [1.29, 1.82) is 0 Å². The van der Waals surface area contributed by atoms with Gasteiger partial charge in [0, 0.05) is 24.0 Å². The molecule has 1 unspecified atom stereocenters. The molecule has 0 aromatic carbocycles. The lowest BCUT2D eigenvalue weighted by Crippen LogP contribution is -2.50. The Bertz CT molecular complexity index is 514. The van der Waals surface area contributed by atoms with Crippen LogP contribution in [0.1, 0.15) is 35.2 Å². The predicted molar refractivity (Wildman–Crippen MR) is 68.1 cm³/mol. The van der Waals surface area contributed by atoms with Crippen molar-refractivity contribution in [3.8, 4) is 0 Å². The number of rotatable bonds is 3. The number of carbonyl (C=O) groups excluding carboxylic acids is 1. The Balaban J connectivity index is 1.78. The van der Waals surface area contributed by atoms with Crippen LogP contribution in [0.15, 0.2) is 0 Å². The van der Waals surface area contributed by atoms with Gasteiger partial charge in [0.15, 0.2) is 0 Å². The second kappa shape index (κ2) is 4.84. The molecule has 7 nitrogen and oxygen atoms in total. The number of nitrogens with one attached hydrogen (secondary N) is 1. The number of carboxylic acids is 1. The van der Waals surface area contributed by atoms with Crippen molar-refractivity contribution in [3.05, 3.63) is 11.6 Å². The number of nitrogens with zero attached hydrogens (tertiary/aromatic N) is 3. The first-order valence-corrected chi connectivity index (χ1v) is 7.36. The van der Waals surface area contributed by atoms with Crippen molar-refractivity contribution in [2.24, 2.45) is 0 Å². The van der Waals surface area contributed by atoms with Crippen LogP contribution in [0.2, 0.25) is 0 Å². The molecule has 1 saturated carbocycles. The van der Waals surface area contributed by atoms with Crippen molar-refractivity contribution in [1.82, 2.24) is 20.1 Å². The molecule has 0 spiro atoms. The first kappa shape index (κ1) is 12.5. The van der Waals surface area contributed by atoms with Crippen molar-refractivity contribution in [3.63, 3.8) is 0 Å². The Morgan fingerprint density at radius 3 is 2.89 bits per heavy atom. The molecule has 0 radical (unpaired) electrons. The second-order valence-electron chi connectivity index (χ2n) is 4.75. The summed E-state index contributed by atoms with van der Waals surface area (Å²) in [7, 11) is 0. The lowest BCUT2D eigenvalue weighted by molar-refractivity contribution is -0.141. The normalized spacial score (nSPS) is 23.4. The van der Waals surface area contributed by atoms with Gasteiger partial charge in [0.25, 0.3) is 5.91 Å². The first-order valence-electron chi connectivity index (χ1n) is 6.20. The van der Waals surface area contributed by atoms with E-state index in [4.69, 9.17) is 5.11 Å². The predicted octanol–water partition coefficient (Wildman–Crippen LogP) is 0.324. The smallest absolute Gasteiger partial charge is 0.327 e. The summed E-state index contributed by atoms with van der Waals surface area (Å²) in [6.45, 7) is 0.424. The topological polar surface area (TPSA) is 99.2 Å². The molecule has 2 fully saturated rings. The minimum Gasteiger partial charge on any atom is -0.480 e. The third kappa shape index (κ3) is 2.44. The summed E-state index contributed by atoms with van der Waals surface area (Å²) < 4.78 is 0. The fourth-order valence-electron chi connectivity index (χ4n) is 2.09. The first-order chi connectivity index (χ1) is 9.16. The highest BCUT2D eigenvalue weighted by Crippen LogP contribution is 2.37. The maximum absolute atomic E-state index is 12.3. The van der Waals surface area contributed by atoms with Gasteiger partial charge < -0.3 is 10.0 Å². The SMILES string of the molecule is O=C(O)C1CSCCN1C(=O)c1n[nH]c(C2CC2)n1. The van der Waals surface area contributed by atoms with E-state index in [-0.39, 0.29) is 5.82 Å². The third-order valence-electron chi connectivity index (χ3n) is 3.33. The molecular weight excluding hydrogens is 268 g/mol. The van der Waals surface area contributed by atoms with Gasteiger partial charge >= 0.3 is 5.97 Å². The number of H-pyrrole nitrogens is 1. The number of aromatic amines is 1. The zero-order valence-corrected chi connectivity index (χ0v) is 11.0. The monoisotopic (exact) mass is 282 g/mol. The lowest BCUT2D eigenvalue weighted by atomic mass is 10.2. The van der Waals surface area contributed by atoms with Gasteiger partial charge in [0.1, 0.15) is 11.9 Å². The van der Waals surface area contributed by atoms with E-state index in [0.29, 0.717) is 18.2 Å². The molecule has 19 heavy (non-hydrogen) atoms. The largest absolute Gasteiger partial charge is 0.480 e. The molecule has 2 aliphatic rings. The number of aromatic nitrogens is 3. The molecule has 102 valence electrons. The summed E-state index contributed by atoms with van der Waals surface area (Å²) in [5, 5.41) is 15.8. The van der Waals surface area contributed by atoms with Gasteiger partial charge in [-0.3, -0.25) is 9.89 Å². The molecule has 2 heterocycles. The van der Waals surface area contributed by atoms with E-state index in [9.17, 15) is 9.59 Å². The van der Waals surface area contributed by atoms with Gasteiger partial charge in [-0.25, -0.2) is 9.78 Å². The minimum absolute atomic E-state index is 0.0834. The molecule has 1 atom stereocenters. The molecule has 1 aliphatic carbocycles. The highest BCUT2D eigenvalue weighted by molar-refractivity contribution is 7.99. The number of hydrogen-bond donors (Lipinski definition) is 2. The van der Waals surface area contributed by atoms with Crippen LogP contribution in [-0.2, 0) is 4.79 Å². The van der Waals surface area contributed by atoms with Crippen LogP contribution >= 0.6 is 11.8 Å². The summed E-state index contributed by atoms with van der Waals surface area (Å²) in [5.41, 5.74) is 0. The van der Waals surface area contributed by atoms with Crippen molar-refractivity contribution >= 4 is 23.6 Å². The zero-order valence-electron chi connectivity index (χ0n) is 10.2. The number of thioether (sulfide) groups is 1. The van der Waals surface area contributed by atoms with Gasteiger partial charge in [-0.1, -0.05) is 0 Å². The molecule has 1 saturated heterocycles. The van der Waals surface area contributed by atoms with Gasteiger partial charge in [0.05, 0.1) is 0 Å². The summed E-state index contributed by atoms with van der Waals surface area (Å²) in [4.78, 5) is 29.0. The van der Waals surface area contributed by atoms with E-state index >= 15 is 0 Å². The van der Waals surface area contributed by atoms with Crippen LogP contribution in [-0.4, -0.2) is 61.2 Å². The Labute approximate surface area is 113 Å². The van der Waals surface area contributed by atoms with E-state index in [0.717, 1.165) is 24.4 Å². The lowest BCUT2D eigenvalue weighted by Gasteiger charge is -2.31. The Morgan fingerprint density at radius 2 is 2.21 bits per heavy atom. The van der Waals surface area contributed by atoms with Crippen LogP contribution in [0.5, 0.6) is 0 Å². The number of carbonyl (C=O) groups is 2. The quantitative estimate of drug-likeness (QED) is 0.828. The molecular formula is C11H14N4O3S. The molecule has 0 bridgehead atoms. The molecule has 1 aromatic heterocycles. The molecule has 1 aromatic rings. The maximum atomic E-state index is 12.3. The minimum atomic E-state index is -0.974. The Morgan fingerprint density at radius 1 is 1.42 bits per heavy atom. The molecule has 3 rings (SSSR count). The van der Waals surface area contributed by atoms with Crippen molar-refractivity contribution in [2.45, 2.75) is 24.8 Å². The molecule has 1 amide bonds. The highest BCUT2D eigenvalue weighted by Gasteiger charge is 2.35. The summed E-state index contributed by atoms with van der Waals surface area (Å²) in [6, 6.07) is -0.783. The van der Waals surface area contributed by atoms with Crippen molar-refractivity contribution < 1.29 is 14.7 Å². The zero-order chi connectivity index (χ0) is 13.4. The van der Waals surface area contributed by atoms with E-state index in [1.54, 1.807) is 11.8 Å². The molecule has 2 N–H and O–H groups in total. The van der Waals surface area contributed by atoms with Gasteiger partial charge in [-0.2, -0.15) is 11.8 Å². The second-order valence-corrected chi connectivity index (χ2v) is 5.90. The standard InChI is InChI=1S/C11H14N4O3S/c16-10(9-12-8(13-14-9)6-1-2-6)15-3-4-19-5-7(15)11(17)18/h6-7H,1-5H2,(H,17,18)(H,12,13,14). The van der Waals surface area contributed by atoms with Gasteiger partial charge in [-0.05, 0) is 12.8 Å². The van der Waals surface area contributed by atoms with Gasteiger partial charge in [0.2, 0.25) is 5.82 Å². The Hall–Kier alpha value is -1.57. The average molecular weight is 282 g/mol. The van der Waals surface area contributed by atoms with Gasteiger partial charge in [-0.15, -0.1) is 5.10 Å². The fourth-order valence-corrected chi connectivity index (χ4v) is 3.13. The van der Waals surface area contributed by atoms with Crippen LogP contribution in [0.3, 0.4) is 0 Å². The van der Waals surface area contributed by atoms with Crippen LogP contribution in [0, 0.1) is 0 Å². The number of amides is 1. The fraction of sp³-hybridized carbons (Fsp3) is 0.636.